The van der Waals surface area contributed by atoms with Gasteiger partial charge in [0.2, 0.25) is 11.8 Å². The van der Waals surface area contributed by atoms with Crippen LogP contribution in [-0.2, 0) is 9.59 Å². The molecule has 0 unspecified atom stereocenters. The summed E-state index contributed by atoms with van der Waals surface area (Å²) in [5.74, 6) is -0.571. The molecule has 0 bridgehead atoms. The molecule has 3 amide bonds. The zero-order chi connectivity index (χ0) is 20.0. The highest BCUT2D eigenvalue weighted by Gasteiger charge is 2.53. The highest BCUT2D eigenvalue weighted by atomic mass is 16.2. The van der Waals surface area contributed by atoms with E-state index < -0.39 is 5.41 Å². The van der Waals surface area contributed by atoms with Crippen molar-refractivity contribution in [3.63, 3.8) is 0 Å². The van der Waals surface area contributed by atoms with E-state index in [1.807, 2.05) is 0 Å². The largest absolute Gasteiger partial charge is 0.322 e. The Morgan fingerprint density at radius 1 is 1.10 bits per heavy atom. The van der Waals surface area contributed by atoms with E-state index in [1.54, 1.807) is 53.3 Å². The number of anilines is 2. The fraction of sp³-hybridized carbons (Fsp3) is 0.286. The Hall–Kier alpha value is -3.55. The second-order valence-electron chi connectivity index (χ2n) is 7.72. The minimum Gasteiger partial charge on any atom is -0.322 e. The maximum Gasteiger partial charge on any atom is 0.255 e. The average Bonchev–Trinajstić information content (AvgIpc) is 3.42. The second-order valence-corrected chi connectivity index (χ2v) is 7.72. The SMILES string of the molecule is O=C(Nc1cccc(N2C(=O)CC3(CCCC3)C2=O)c1)c1ccn2nncc2c1. The smallest absolute Gasteiger partial charge is 0.255 e. The van der Waals surface area contributed by atoms with E-state index in [0.717, 1.165) is 25.7 Å². The van der Waals surface area contributed by atoms with Crippen LogP contribution in [0.25, 0.3) is 5.52 Å². The average molecular weight is 389 g/mol. The van der Waals surface area contributed by atoms with Crippen molar-refractivity contribution in [2.75, 3.05) is 10.2 Å². The van der Waals surface area contributed by atoms with Gasteiger partial charge in [-0.3, -0.25) is 14.4 Å². The first kappa shape index (κ1) is 17.5. The third-order valence-corrected chi connectivity index (χ3v) is 5.88. The molecule has 1 saturated heterocycles. The zero-order valence-electron chi connectivity index (χ0n) is 15.7. The summed E-state index contributed by atoms with van der Waals surface area (Å²) in [7, 11) is 0. The van der Waals surface area contributed by atoms with Gasteiger partial charge in [-0.1, -0.05) is 24.1 Å². The molecule has 29 heavy (non-hydrogen) atoms. The Bertz CT molecular complexity index is 1150. The van der Waals surface area contributed by atoms with Gasteiger partial charge in [-0.15, -0.1) is 5.10 Å². The van der Waals surface area contributed by atoms with Gasteiger partial charge >= 0.3 is 0 Å². The number of hydrogen-bond donors (Lipinski definition) is 1. The predicted octanol–water partition coefficient (Wildman–Crippen LogP) is 2.81. The lowest BCUT2D eigenvalue weighted by Gasteiger charge is -2.21. The van der Waals surface area contributed by atoms with Gasteiger partial charge in [0.15, 0.2) is 0 Å². The van der Waals surface area contributed by atoms with Crippen LogP contribution in [0.3, 0.4) is 0 Å². The molecule has 8 heteroatoms. The molecule has 1 saturated carbocycles. The van der Waals surface area contributed by atoms with E-state index in [2.05, 4.69) is 15.6 Å². The Morgan fingerprint density at radius 3 is 2.76 bits per heavy atom. The van der Waals surface area contributed by atoms with Crippen LogP contribution in [0.5, 0.6) is 0 Å². The molecule has 1 spiro atoms. The second kappa shape index (κ2) is 6.51. The maximum atomic E-state index is 13.0. The van der Waals surface area contributed by atoms with Crippen LogP contribution in [0.2, 0.25) is 0 Å². The molecule has 1 N–H and O–H groups in total. The lowest BCUT2D eigenvalue weighted by molar-refractivity contribution is -0.125. The topological polar surface area (TPSA) is 96.7 Å². The van der Waals surface area contributed by atoms with Crippen molar-refractivity contribution in [2.45, 2.75) is 32.1 Å². The number of nitrogens with zero attached hydrogens (tertiary/aromatic N) is 4. The standard InChI is InChI=1S/C21H19N5O3/c27-18-12-21(7-1-2-8-21)20(29)26(18)16-5-3-4-15(11-16)23-19(28)14-6-9-25-17(10-14)13-22-24-25/h3-6,9-11,13H,1-2,7-8,12H2,(H,23,28). The summed E-state index contributed by atoms with van der Waals surface area (Å²) in [6.07, 6.45) is 7.03. The number of benzene rings is 1. The molecule has 146 valence electrons. The zero-order valence-corrected chi connectivity index (χ0v) is 15.7. The molecule has 5 rings (SSSR count). The van der Waals surface area contributed by atoms with E-state index in [-0.39, 0.29) is 24.1 Å². The van der Waals surface area contributed by atoms with E-state index >= 15 is 0 Å². The highest BCUT2D eigenvalue weighted by molar-refractivity contribution is 6.22. The molecule has 0 atom stereocenters. The quantitative estimate of drug-likeness (QED) is 0.695. The van der Waals surface area contributed by atoms with E-state index in [9.17, 15) is 14.4 Å². The maximum absolute atomic E-state index is 13.0. The highest BCUT2D eigenvalue weighted by Crippen LogP contribution is 2.48. The van der Waals surface area contributed by atoms with Gasteiger partial charge < -0.3 is 5.32 Å². The third kappa shape index (κ3) is 2.88. The summed E-state index contributed by atoms with van der Waals surface area (Å²) < 4.78 is 1.57. The molecule has 2 aromatic heterocycles. The summed E-state index contributed by atoms with van der Waals surface area (Å²) in [5.41, 5.74) is 1.67. The van der Waals surface area contributed by atoms with Crippen molar-refractivity contribution in [1.82, 2.24) is 14.8 Å². The van der Waals surface area contributed by atoms with Crippen LogP contribution in [-0.4, -0.2) is 32.5 Å². The first-order chi connectivity index (χ1) is 14.1. The van der Waals surface area contributed by atoms with Gasteiger partial charge in [0.05, 0.1) is 22.8 Å². The number of hydrogen-bond acceptors (Lipinski definition) is 5. The molecule has 1 aliphatic carbocycles. The number of carbonyl (C=O) groups excluding carboxylic acids is 3. The lowest BCUT2D eigenvalue weighted by Crippen LogP contribution is -2.34. The van der Waals surface area contributed by atoms with E-state index in [4.69, 9.17) is 0 Å². The number of imide groups is 1. The fourth-order valence-corrected chi connectivity index (χ4v) is 4.39. The predicted molar refractivity (Wildman–Crippen MR) is 105 cm³/mol. The molecule has 0 radical (unpaired) electrons. The molecular formula is C21H19N5O3. The Labute approximate surface area is 166 Å². The molecule has 2 fully saturated rings. The van der Waals surface area contributed by atoms with Crippen molar-refractivity contribution in [2.24, 2.45) is 5.41 Å². The van der Waals surface area contributed by atoms with E-state index in [1.165, 1.54) is 4.90 Å². The van der Waals surface area contributed by atoms with Crippen molar-refractivity contribution < 1.29 is 14.4 Å². The number of carbonyl (C=O) groups is 3. The van der Waals surface area contributed by atoms with Crippen molar-refractivity contribution >= 4 is 34.6 Å². The lowest BCUT2D eigenvalue weighted by atomic mass is 9.84. The summed E-state index contributed by atoms with van der Waals surface area (Å²) in [4.78, 5) is 39.5. The minimum atomic E-state index is -0.523. The third-order valence-electron chi connectivity index (χ3n) is 5.88. The van der Waals surface area contributed by atoms with Crippen LogP contribution in [0, 0.1) is 5.41 Å². The Kier molecular flexibility index (Phi) is 3.94. The number of aromatic nitrogens is 3. The first-order valence-corrected chi connectivity index (χ1v) is 9.65. The van der Waals surface area contributed by atoms with Crippen molar-refractivity contribution in [1.29, 1.82) is 0 Å². The molecule has 8 nitrogen and oxygen atoms in total. The Morgan fingerprint density at radius 2 is 1.93 bits per heavy atom. The number of pyridine rings is 1. The van der Waals surface area contributed by atoms with Gasteiger partial charge in [0.1, 0.15) is 0 Å². The van der Waals surface area contributed by atoms with Crippen molar-refractivity contribution in [3.8, 4) is 0 Å². The number of nitrogens with one attached hydrogen (secondary N) is 1. The molecule has 3 heterocycles. The van der Waals surface area contributed by atoms with Gasteiger partial charge in [0, 0.05) is 23.9 Å². The molecule has 1 aliphatic heterocycles. The minimum absolute atomic E-state index is 0.109. The van der Waals surface area contributed by atoms with Crippen LogP contribution >= 0.6 is 0 Å². The molecule has 1 aromatic carbocycles. The summed E-state index contributed by atoms with van der Waals surface area (Å²) in [5, 5.41) is 10.5. The van der Waals surface area contributed by atoms with Crippen LogP contribution in [0.1, 0.15) is 42.5 Å². The summed E-state index contributed by atoms with van der Waals surface area (Å²) >= 11 is 0. The first-order valence-electron chi connectivity index (χ1n) is 9.65. The van der Waals surface area contributed by atoms with Gasteiger partial charge in [-0.05, 0) is 43.2 Å². The fourth-order valence-electron chi connectivity index (χ4n) is 4.39. The molecule has 2 aliphatic rings. The number of rotatable bonds is 3. The van der Waals surface area contributed by atoms with Crippen LogP contribution < -0.4 is 10.2 Å². The van der Waals surface area contributed by atoms with Gasteiger partial charge in [-0.25, -0.2) is 9.42 Å². The summed E-state index contributed by atoms with van der Waals surface area (Å²) in [6.45, 7) is 0. The monoisotopic (exact) mass is 389 g/mol. The van der Waals surface area contributed by atoms with Gasteiger partial charge in [0.25, 0.3) is 5.91 Å². The number of fused-ring (bicyclic) bond motifs is 1. The summed E-state index contributed by atoms with van der Waals surface area (Å²) in [6, 6.07) is 10.2. The molecular weight excluding hydrogens is 370 g/mol. The normalized spacial score (nSPS) is 18.1. The van der Waals surface area contributed by atoms with Crippen LogP contribution in [0.15, 0.2) is 48.8 Å². The number of amides is 3. The van der Waals surface area contributed by atoms with Gasteiger partial charge in [-0.2, -0.15) is 0 Å². The van der Waals surface area contributed by atoms with E-state index in [0.29, 0.717) is 22.5 Å². The molecule has 3 aromatic rings. The van der Waals surface area contributed by atoms with Crippen molar-refractivity contribution in [3.05, 3.63) is 54.4 Å². The Balaban J connectivity index is 1.39. The van der Waals surface area contributed by atoms with Crippen LogP contribution in [0.4, 0.5) is 11.4 Å².